The Balaban J connectivity index is 2.07. The number of amides is 1. The Morgan fingerprint density at radius 1 is 1.35 bits per heavy atom. The molecule has 0 fully saturated rings. The van der Waals surface area contributed by atoms with E-state index >= 15 is 0 Å². The predicted molar refractivity (Wildman–Crippen MR) is 80.5 cm³/mol. The lowest BCUT2D eigenvalue weighted by molar-refractivity contribution is -0.130. The Bertz CT molecular complexity index is 605. The molecular formula is C14H16BrN3O2. The van der Waals surface area contributed by atoms with Crippen LogP contribution in [0.5, 0.6) is 5.75 Å². The first-order valence-electron chi connectivity index (χ1n) is 6.10. The van der Waals surface area contributed by atoms with Gasteiger partial charge in [-0.1, -0.05) is 0 Å². The van der Waals surface area contributed by atoms with Crippen molar-refractivity contribution in [2.75, 3.05) is 20.7 Å². The van der Waals surface area contributed by atoms with Crippen LogP contribution in [0.25, 0.3) is 11.3 Å². The SMILES string of the molecule is CN(C)C(=O)COc1ccc(-c2nn(C)cc2Br)cc1. The number of benzene rings is 1. The zero-order chi connectivity index (χ0) is 14.7. The van der Waals surface area contributed by atoms with Crippen LogP contribution in [0, 0.1) is 0 Å². The van der Waals surface area contributed by atoms with Gasteiger partial charge in [0.1, 0.15) is 11.4 Å². The molecule has 5 nitrogen and oxygen atoms in total. The minimum atomic E-state index is -0.0680. The summed E-state index contributed by atoms with van der Waals surface area (Å²) in [5, 5.41) is 4.38. The average Bonchev–Trinajstić information content (AvgIpc) is 2.75. The number of aryl methyl sites for hydroxylation is 1. The fraction of sp³-hybridized carbons (Fsp3) is 0.286. The van der Waals surface area contributed by atoms with Gasteiger partial charge in [0.25, 0.3) is 5.91 Å². The molecule has 2 rings (SSSR count). The van der Waals surface area contributed by atoms with Crippen molar-refractivity contribution in [3.63, 3.8) is 0 Å². The van der Waals surface area contributed by atoms with E-state index in [1.54, 1.807) is 18.8 Å². The number of aromatic nitrogens is 2. The molecule has 20 heavy (non-hydrogen) atoms. The van der Waals surface area contributed by atoms with E-state index in [1.165, 1.54) is 4.90 Å². The minimum Gasteiger partial charge on any atom is -0.484 e. The molecule has 1 heterocycles. The molecule has 0 aliphatic heterocycles. The number of hydrogen-bond acceptors (Lipinski definition) is 3. The highest BCUT2D eigenvalue weighted by Crippen LogP contribution is 2.27. The Morgan fingerprint density at radius 2 is 2.00 bits per heavy atom. The molecule has 0 atom stereocenters. The van der Waals surface area contributed by atoms with Gasteiger partial charge in [-0.3, -0.25) is 9.48 Å². The van der Waals surface area contributed by atoms with Gasteiger partial charge in [0.15, 0.2) is 6.61 Å². The third-order valence-corrected chi connectivity index (χ3v) is 3.35. The Labute approximate surface area is 126 Å². The number of likely N-dealkylation sites (N-methyl/N-ethyl adjacent to an activating group) is 1. The molecule has 1 aromatic heterocycles. The van der Waals surface area contributed by atoms with Crippen molar-refractivity contribution in [3.8, 4) is 17.0 Å². The molecule has 0 saturated carbocycles. The molecule has 0 aliphatic rings. The monoisotopic (exact) mass is 337 g/mol. The van der Waals surface area contributed by atoms with Crippen LogP contribution in [0.3, 0.4) is 0 Å². The fourth-order valence-corrected chi connectivity index (χ4v) is 2.24. The highest BCUT2D eigenvalue weighted by Gasteiger charge is 2.09. The number of carbonyl (C=O) groups is 1. The standard InChI is InChI=1S/C14H16BrN3O2/c1-17(2)13(19)9-20-11-6-4-10(5-7-11)14-12(15)8-18(3)16-14/h4-8H,9H2,1-3H3. The van der Waals surface area contributed by atoms with E-state index < -0.39 is 0 Å². The fourth-order valence-electron chi connectivity index (χ4n) is 1.64. The zero-order valence-electron chi connectivity index (χ0n) is 11.6. The topological polar surface area (TPSA) is 47.4 Å². The predicted octanol–water partition coefficient (Wildman–Crippen LogP) is 2.32. The molecule has 0 spiro atoms. The molecule has 0 bridgehead atoms. The van der Waals surface area contributed by atoms with Crippen molar-refractivity contribution < 1.29 is 9.53 Å². The van der Waals surface area contributed by atoms with E-state index in [4.69, 9.17) is 4.74 Å². The maximum absolute atomic E-state index is 11.4. The minimum absolute atomic E-state index is 0.0413. The van der Waals surface area contributed by atoms with E-state index in [1.807, 2.05) is 37.5 Å². The quantitative estimate of drug-likeness (QED) is 0.860. The van der Waals surface area contributed by atoms with Gasteiger partial charge in [0, 0.05) is 32.9 Å². The second kappa shape index (κ2) is 6.09. The first-order chi connectivity index (χ1) is 9.47. The summed E-state index contributed by atoms with van der Waals surface area (Å²) in [6.45, 7) is 0.0413. The molecule has 0 N–H and O–H groups in total. The van der Waals surface area contributed by atoms with Gasteiger partial charge in [0.2, 0.25) is 0 Å². The molecule has 0 unspecified atom stereocenters. The smallest absolute Gasteiger partial charge is 0.259 e. The van der Waals surface area contributed by atoms with Crippen LogP contribution in [0.2, 0.25) is 0 Å². The van der Waals surface area contributed by atoms with E-state index in [0.29, 0.717) is 5.75 Å². The van der Waals surface area contributed by atoms with E-state index in [9.17, 15) is 4.79 Å². The number of rotatable bonds is 4. The summed E-state index contributed by atoms with van der Waals surface area (Å²) in [5.74, 6) is 0.595. The third kappa shape index (κ3) is 3.39. The van der Waals surface area contributed by atoms with Crippen molar-refractivity contribution in [1.29, 1.82) is 0 Å². The van der Waals surface area contributed by atoms with E-state index in [-0.39, 0.29) is 12.5 Å². The van der Waals surface area contributed by atoms with Gasteiger partial charge in [-0.05, 0) is 40.2 Å². The van der Waals surface area contributed by atoms with Gasteiger partial charge in [-0.15, -0.1) is 0 Å². The highest BCUT2D eigenvalue weighted by atomic mass is 79.9. The normalized spacial score (nSPS) is 10.4. The summed E-state index contributed by atoms with van der Waals surface area (Å²) in [5.41, 5.74) is 1.87. The molecule has 0 radical (unpaired) electrons. The van der Waals surface area contributed by atoms with Gasteiger partial charge >= 0.3 is 0 Å². The van der Waals surface area contributed by atoms with Crippen molar-refractivity contribution in [2.45, 2.75) is 0 Å². The summed E-state index contributed by atoms with van der Waals surface area (Å²) in [6, 6.07) is 7.50. The number of halogens is 1. The molecule has 1 amide bonds. The highest BCUT2D eigenvalue weighted by molar-refractivity contribution is 9.10. The van der Waals surface area contributed by atoms with Crippen molar-refractivity contribution in [1.82, 2.24) is 14.7 Å². The molecule has 106 valence electrons. The zero-order valence-corrected chi connectivity index (χ0v) is 13.2. The molecule has 2 aromatic rings. The summed E-state index contributed by atoms with van der Waals surface area (Å²) >= 11 is 3.47. The molecule has 0 saturated heterocycles. The van der Waals surface area contributed by atoms with Crippen molar-refractivity contribution >= 4 is 21.8 Å². The first-order valence-corrected chi connectivity index (χ1v) is 6.89. The Hall–Kier alpha value is -1.82. The Kier molecular flexibility index (Phi) is 4.44. The van der Waals surface area contributed by atoms with Gasteiger partial charge in [-0.2, -0.15) is 5.10 Å². The lowest BCUT2D eigenvalue weighted by Crippen LogP contribution is -2.27. The van der Waals surface area contributed by atoms with Crippen LogP contribution < -0.4 is 4.74 Å². The Morgan fingerprint density at radius 3 is 2.50 bits per heavy atom. The van der Waals surface area contributed by atoms with Crippen molar-refractivity contribution in [2.24, 2.45) is 7.05 Å². The van der Waals surface area contributed by atoms with Gasteiger partial charge < -0.3 is 9.64 Å². The summed E-state index contributed by atoms with van der Waals surface area (Å²) in [7, 11) is 5.28. The van der Waals surface area contributed by atoms with Crippen LogP contribution in [-0.2, 0) is 11.8 Å². The number of ether oxygens (including phenoxy) is 1. The van der Waals surface area contributed by atoms with Gasteiger partial charge in [-0.25, -0.2) is 0 Å². The van der Waals surface area contributed by atoms with Crippen LogP contribution in [0.4, 0.5) is 0 Å². The largest absolute Gasteiger partial charge is 0.484 e. The molecular weight excluding hydrogens is 322 g/mol. The second-order valence-corrected chi connectivity index (χ2v) is 5.45. The number of hydrogen-bond donors (Lipinski definition) is 0. The van der Waals surface area contributed by atoms with Gasteiger partial charge in [0.05, 0.1) is 4.47 Å². The molecule has 6 heteroatoms. The van der Waals surface area contributed by atoms with Crippen molar-refractivity contribution in [3.05, 3.63) is 34.9 Å². The summed E-state index contributed by atoms with van der Waals surface area (Å²) in [6.07, 6.45) is 1.90. The maximum atomic E-state index is 11.4. The summed E-state index contributed by atoms with van der Waals surface area (Å²) < 4.78 is 8.12. The lowest BCUT2D eigenvalue weighted by Gasteiger charge is -2.11. The lowest BCUT2D eigenvalue weighted by atomic mass is 10.1. The number of carbonyl (C=O) groups excluding carboxylic acids is 1. The average molecular weight is 338 g/mol. The summed E-state index contributed by atoms with van der Waals surface area (Å²) in [4.78, 5) is 12.9. The third-order valence-electron chi connectivity index (χ3n) is 2.77. The van der Waals surface area contributed by atoms with Crippen LogP contribution in [0.15, 0.2) is 34.9 Å². The van der Waals surface area contributed by atoms with E-state index in [0.717, 1.165) is 15.7 Å². The maximum Gasteiger partial charge on any atom is 0.259 e. The van der Waals surface area contributed by atoms with Crippen LogP contribution >= 0.6 is 15.9 Å². The van der Waals surface area contributed by atoms with E-state index in [2.05, 4.69) is 21.0 Å². The van der Waals surface area contributed by atoms with Crippen LogP contribution in [-0.4, -0.2) is 41.3 Å². The number of nitrogens with zero attached hydrogens (tertiary/aromatic N) is 3. The second-order valence-electron chi connectivity index (χ2n) is 4.60. The molecule has 1 aromatic carbocycles. The molecule has 0 aliphatic carbocycles. The van der Waals surface area contributed by atoms with Crippen LogP contribution in [0.1, 0.15) is 0 Å². The first kappa shape index (κ1) is 14.6.